The van der Waals surface area contributed by atoms with Gasteiger partial charge in [0.15, 0.2) is 0 Å². The molecule has 0 spiro atoms. The third-order valence-electron chi connectivity index (χ3n) is 4.54. The Morgan fingerprint density at radius 3 is 2.48 bits per heavy atom. The van der Waals surface area contributed by atoms with Crippen LogP contribution in [0, 0.1) is 5.92 Å². The lowest BCUT2D eigenvalue weighted by Gasteiger charge is -2.19. The van der Waals surface area contributed by atoms with Gasteiger partial charge in [0.2, 0.25) is 11.8 Å². The van der Waals surface area contributed by atoms with Crippen LogP contribution in [0.5, 0.6) is 0 Å². The standard InChI is InChI=1S/C20H19ClN2O4/c21-15-8-4-5-9-17(15)23-12-14(11-18(23)24)19(25)22-16(20(26)27)10-13-6-2-1-3-7-13/h1-9,14,16H,10-12H2,(H,22,25)(H,26,27)/t14?,16-/m0/s1. The Morgan fingerprint density at radius 1 is 1.15 bits per heavy atom. The Bertz CT molecular complexity index is 856. The summed E-state index contributed by atoms with van der Waals surface area (Å²) in [5, 5.41) is 12.4. The van der Waals surface area contributed by atoms with E-state index in [0.29, 0.717) is 10.7 Å². The summed E-state index contributed by atoms with van der Waals surface area (Å²) < 4.78 is 0. The van der Waals surface area contributed by atoms with Crippen LogP contribution in [0.4, 0.5) is 5.69 Å². The first-order chi connectivity index (χ1) is 13.0. The first-order valence-electron chi connectivity index (χ1n) is 8.57. The lowest BCUT2D eigenvalue weighted by molar-refractivity contribution is -0.142. The molecule has 27 heavy (non-hydrogen) atoms. The number of nitrogens with zero attached hydrogens (tertiary/aromatic N) is 1. The molecule has 1 unspecified atom stereocenters. The number of amides is 2. The van der Waals surface area contributed by atoms with E-state index >= 15 is 0 Å². The van der Waals surface area contributed by atoms with Gasteiger partial charge in [-0.15, -0.1) is 0 Å². The number of halogens is 1. The molecule has 2 aromatic rings. The number of hydrogen-bond acceptors (Lipinski definition) is 3. The number of nitrogens with one attached hydrogen (secondary N) is 1. The number of carboxylic acids is 1. The van der Waals surface area contributed by atoms with Gasteiger partial charge in [-0.25, -0.2) is 4.79 Å². The van der Waals surface area contributed by atoms with Crippen molar-refractivity contribution in [3.8, 4) is 0 Å². The van der Waals surface area contributed by atoms with Gasteiger partial charge in [0, 0.05) is 19.4 Å². The van der Waals surface area contributed by atoms with Crippen LogP contribution in [-0.2, 0) is 20.8 Å². The zero-order valence-electron chi connectivity index (χ0n) is 14.5. The van der Waals surface area contributed by atoms with Gasteiger partial charge in [0.05, 0.1) is 16.6 Å². The Balaban J connectivity index is 1.67. The molecule has 6 nitrogen and oxygen atoms in total. The molecule has 1 saturated heterocycles. The molecule has 3 rings (SSSR count). The zero-order chi connectivity index (χ0) is 19.4. The van der Waals surface area contributed by atoms with E-state index in [-0.39, 0.29) is 25.3 Å². The van der Waals surface area contributed by atoms with Gasteiger partial charge in [0.25, 0.3) is 0 Å². The van der Waals surface area contributed by atoms with Crippen molar-refractivity contribution in [3.05, 3.63) is 65.2 Å². The number of rotatable bonds is 6. The summed E-state index contributed by atoms with van der Waals surface area (Å²) in [7, 11) is 0. The van der Waals surface area contributed by atoms with Crippen LogP contribution >= 0.6 is 11.6 Å². The number of hydrogen-bond donors (Lipinski definition) is 2. The Morgan fingerprint density at radius 2 is 1.81 bits per heavy atom. The second kappa shape index (κ2) is 8.22. The van der Waals surface area contributed by atoms with E-state index in [0.717, 1.165) is 5.56 Å². The lowest BCUT2D eigenvalue weighted by atomic mass is 10.0. The fraction of sp³-hybridized carbons (Fsp3) is 0.250. The quantitative estimate of drug-likeness (QED) is 0.798. The normalized spacial score (nSPS) is 17.6. The molecule has 0 aromatic heterocycles. The highest BCUT2D eigenvalue weighted by atomic mass is 35.5. The second-order valence-electron chi connectivity index (χ2n) is 6.45. The van der Waals surface area contributed by atoms with Crippen molar-refractivity contribution in [2.75, 3.05) is 11.4 Å². The average Bonchev–Trinajstić information content (AvgIpc) is 3.04. The molecule has 2 amide bonds. The number of para-hydroxylation sites is 1. The number of carbonyl (C=O) groups is 3. The molecule has 0 radical (unpaired) electrons. The summed E-state index contributed by atoms with van der Waals surface area (Å²) in [5.41, 5.74) is 1.36. The minimum Gasteiger partial charge on any atom is -0.480 e. The minimum atomic E-state index is -1.11. The molecule has 2 atom stereocenters. The van der Waals surface area contributed by atoms with Gasteiger partial charge in [-0.2, -0.15) is 0 Å². The maximum absolute atomic E-state index is 12.6. The van der Waals surface area contributed by atoms with Crippen molar-refractivity contribution in [2.45, 2.75) is 18.9 Å². The molecule has 1 heterocycles. The zero-order valence-corrected chi connectivity index (χ0v) is 15.2. The van der Waals surface area contributed by atoms with Crippen molar-refractivity contribution in [1.29, 1.82) is 0 Å². The molecule has 0 saturated carbocycles. The SMILES string of the molecule is O=C(N[C@@H](Cc1ccccc1)C(=O)O)C1CC(=O)N(c2ccccc2Cl)C1. The van der Waals surface area contributed by atoms with E-state index in [1.165, 1.54) is 4.90 Å². The van der Waals surface area contributed by atoms with Crippen LogP contribution in [0.2, 0.25) is 5.02 Å². The maximum atomic E-state index is 12.6. The van der Waals surface area contributed by atoms with Crippen LogP contribution < -0.4 is 10.2 Å². The van der Waals surface area contributed by atoms with Crippen LogP contribution in [0.25, 0.3) is 0 Å². The van der Waals surface area contributed by atoms with E-state index in [1.807, 2.05) is 18.2 Å². The largest absolute Gasteiger partial charge is 0.480 e. The monoisotopic (exact) mass is 386 g/mol. The predicted molar refractivity (Wildman–Crippen MR) is 102 cm³/mol. The topological polar surface area (TPSA) is 86.7 Å². The van der Waals surface area contributed by atoms with Gasteiger partial charge >= 0.3 is 5.97 Å². The minimum absolute atomic E-state index is 0.0226. The van der Waals surface area contributed by atoms with Gasteiger partial charge in [-0.05, 0) is 17.7 Å². The first-order valence-corrected chi connectivity index (χ1v) is 8.95. The van der Waals surface area contributed by atoms with E-state index < -0.39 is 23.8 Å². The number of anilines is 1. The third kappa shape index (κ3) is 4.46. The molecular formula is C20H19ClN2O4. The van der Waals surface area contributed by atoms with Crippen molar-refractivity contribution in [1.82, 2.24) is 5.32 Å². The lowest BCUT2D eigenvalue weighted by Crippen LogP contribution is -2.45. The molecule has 1 aliphatic rings. The molecule has 2 N–H and O–H groups in total. The Labute approximate surface area is 161 Å². The van der Waals surface area contributed by atoms with Crippen molar-refractivity contribution < 1.29 is 19.5 Å². The van der Waals surface area contributed by atoms with Gasteiger partial charge in [-0.1, -0.05) is 54.1 Å². The highest BCUT2D eigenvalue weighted by molar-refractivity contribution is 6.33. The van der Waals surface area contributed by atoms with E-state index in [2.05, 4.69) is 5.32 Å². The molecule has 140 valence electrons. The summed E-state index contributed by atoms with van der Waals surface area (Å²) in [6.07, 6.45) is 0.200. The molecule has 0 aliphatic carbocycles. The smallest absolute Gasteiger partial charge is 0.326 e. The van der Waals surface area contributed by atoms with E-state index in [4.69, 9.17) is 11.6 Å². The maximum Gasteiger partial charge on any atom is 0.326 e. The van der Waals surface area contributed by atoms with E-state index in [1.54, 1.807) is 36.4 Å². The number of benzene rings is 2. The summed E-state index contributed by atoms with van der Waals surface area (Å²) in [6.45, 7) is 0.173. The Kier molecular flexibility index (Phi) is 5.76. The number of carboxylic acid groups (broad SMARTS) is 1. The molecule has 2 aromatic carbocycles. The van der Waals surface area contributed by atoms with Crippen molar-refractivity contribution in [2.24, 2.45) is 5.92 Å². The second-order valence-corrected chi connectivity index (χ2v) is 6.85. The molecule has 0 bridgehead atoms. The van der Waals surface area contributed by atoms with Crippen LogP contribution in [0.15, 0.2) is 54.6 Å². The Hall–Kier alpha value is -2.86. The predicted octanol–water partition coefficient (Wildman–Crippen LogP) is 2.51. The molecule has 7 heteroatoms. The fourth-order valence-corrected chi connectivity index (χ4v) is 3.36. The van der Waals surface area contributed by atoms with Crippen LogP contribution in [0.1, 0.15) is 12.0 Å². The molecular weight excluding hydrogens is 368 g/mol. The first kappa shape index (κ1) is 18.9. The fourth-order valence-electron chi connectivity index (χ4n) is 3.13. The molecule has 1 fully saturated rings. The van der Waals surface area contributed by atoms with Gasteiger partial charge < -0.3 is 15.3 Å². The number of carbonyl (C=O) groups excluding carboxylic acids is 2. The summed E-state index contributed by atoms with van der Waals surface area (Å²) in [6, 6.07) is 14.9. The van der Waals surface area contributed by atoms with Gasteiger partial charge in [0.1, 0.15) is 6.04 Å². The van der Waals surface area contributed by atoms with Gasteiger partial charge in [-0.3, -0.25) is 9.59 Å². The average molecular weight is 387 g/mol. The summed E-state index contributed by atoms with van der Waals surface area (Å²) >= 11 is 6.14. The highest BCUT2D eigenvalue weighted by Crippen LogP contribution is 2.31. The van der Waals surface area contributed by atoms with Crippen LogP contribution in [-0.4, -0.2) is 35.5 Å². The summed E-state index contributed by atoms with van der Waals surface area (Å²) in [4.78, 5) is 37.9. The summed E-state index contributed by atoms with van der Waals surface area (Å²) in [5.74, 6) is -2.38. The van der Waals surface area contributed by atoms with Crippen molar-refractivity contribution >= 4 is 35.1 Å². The van der Waals surface area contributed by atoms with Crippen molar-refractivity contribution in [3.63, 3.8) is 0 Å². The third-order valence-corrected chi connectivity index (χ3v) is 4.86. The van der Waals surface area contributed by atoms with Crippen LogP contribution in [0.3, 0.4) is 0 Å². The van der Waals surface area contributed by atoms with E-state index in [9.17, 15) is 19.5 Å². The highest BCUT2D eigenvalue weighted by Gasteiger charge is 2.37. The number of aliphatic carboxylic acids is 1. The molecule has 1 aliphatic heterocycles.